The van der Waals surface area contributed by atoms with E-state index in [0.717, 1.165) is 5.39 Å². The molecule has 0 saturated carbocycles. The number of rotatable bonds is 5. The second kappa shape index (κ2) is 7.52. The minimum Gasteiger partial charge on any atom is -0.497 e. The quantitative estimate of drug-likeness (QED) is 0.520. The number of hydrogen-bond donors (Lipinski definition) is 1. The molecule has 0 amide bonds. The van der Waals surface area contributed by atoms with E-state index in [1.54, 1.807) is 38.5 Å². The summed E-state index contributed by atoms with van der Waals surface area (Å²) >= 11 is 0. The Labute approximate surface area is 161 Å². The van der Waals surface area contributed by atoms with Crippen LogP contribution in [-0.4, -0.2) is 24.2 Å². The van der Waals surface area contributed by atoms with E-state index in [9.17, 15) is 4.39 Å². The molecule has 0 aliphatic rings. The van der Waals surface area contributed by atoms with Crippen LogP contribution in [-0.2, 0) is 0 Å². The Bertz CT molecular complexity index is 1150. The summed E-state index contributed by atoms with van der Waals surface area (Å²) in [7, 11) is 3.18. The number of methoxy groups -OCH3 is 2. The van der Waals surface area contributed by atoms with Gasteiger partial charge in [0.1, 0.15) is 23.1 Å². The highest BCUT2D eigenvalue weighted by Gasteiger charge is 2.14. The minimum atomic E-state index is -0.370. The molecule has 0 fully saturated rings. The number of aromatic nitrogens is 2. The molecule has 140 valence electrons. The van der Waals surface area contributed by atoms with E-state index < -0.39 is 0 Å². The van der Waals surface area contributed by atoms with Gasteiger partial charge in [0.25, 0.3) is 0 Å². The maximum Gasteiger partial charge on any atom is 0.165 e. The summed E-state index contributed by atoms with van der Waals surface area (Å²) in [5, 5.41) is 4.11. The second-order valence-corrected chi connectivity index (χ2v) is 6.08. The smallest absolute Gasteiger partial charge is 0.165 e. The molecule has 0 radical (unpaired) electrons. The van der Waals surface area contributed by atoms with Crippen molar-refractivity contribution in [3.05, 3.63) is 72.5 Å². The number of nitrogens with zero attached hydrogens (tertiary/aromatic N) is 2. The van der Waals surface area contributed by atoms with Crippen molar-refractivity contribution in [3.8, 4) is 22.9 Å². The van der Waals surface area contributed by atoms with Crippen molar-refractivity contribution in [2.45, 2.75) is 0 Å². The van der Waals surface area contributed by atoms with Crippen LogP contribution in [0.2, 0.25) is 0 Å². The molecule has 0 aliphatic heterocycles. The molecule has 0 atom stereocenters. The minimum absolute atomic E-state index is 0.312. The van der Waals surface area contributed by atoms with Gasteiger partial charge in [-0.15, -0.1) is 0 Å². The molecule has 0 saturated heterocycles. The van der Waals surface area contributed by atoms with Gasteiger partial charge in [0.2, 0.25) is 0 Å². The zero-order chi connectivity index (χ0) is 19.5. The van der Waals surface area contributed by atoms with Gasteiger partial charge in [0.15, 0.2) is 5.82 Å². The molecule has 0 bridgehead atoms. The highest BCUT2D eigenvalue weighted by atomic mass is 19.1. The summed E-state index contributed by atoms with van der Waals surface area (Å²) < 4.78 is 25.0. The lowest BCUT2D eigenvalue weighted by Crippen LogP contribution is -2.01. The van der Waals surface area contributed by atoms with E-state index in [1.165, 1.54) is 6.07 Å². The van der Waals surface area contributed by atoms with E-state index >= 15 is 0 Å². The molecule has 3 aromatic carbocycles. The van der Waals surface area contributed by atoms with Gasteiger partial charge in [-0.3, -0.25) is 0 Å². The van der Waals surface area contributed by atoms with Gasteiger partial charge >= 0.3 is 0 Å². The average Bonchev–Trinajstić information content (AvgIpc) is 2.74. The highest BCUT2D eigenvalue weighted by Crippen LogP contribution is 2.34. The maximum atomic E-state index is 14.3. The number of hydrogen-bond acceptors (Lipinski definition) is 5. The lowest BCUT2D eigenvalue weighted by atomic mass is 10.1. The number of para-hydroxylation sites is 1. The van der Waals surface area contributed by atoms with Crippen LogP contribution >= 0.6 is 0 Å². The number of benzene rings is 3. The summed E-state index contributed by atoms with van der Waals surface area (Å²) in [5.41, 5.74) is 1.77. The Balaban J connectivity index is 1.86. The van der Waals surface area contributed by atoms with Crippen molar-refractivity contribution in [2.75, 3.05) is 19.5 Å². The molecule has 1 aromatic heterocycles. The van der Waals surface area contributed by atoms with Crippen molar-refractivity contribution in [2.24, 2.45) is 0 Å². The predicted molar refractivity (Wildman–Crippen MR) is 108 cm³/mol. The molecule has 5 nitrogen and oxygen atoms in total. The van der Waals surface area contributed by atoms with Crippen molar-refractivity contribution in [1.82, 2.24) is 9.97 Å². The van der Waals surface area contributed by atoms with E-state index in [0.29, 0.717) is 39.9 Å². The third-order valence-electron chi connectivity index (χ3n) is 4.38. The number of fused-ring (bicyclic) bond motifs is 1. The van der Waals surface area contributed by atoms with Crippen molar-refractivity contribution in [3.63, 3.8) is 0 Å². The van der Waals surface area contributed by atoms with Gasteiger partial charge in [0.05, 0.1) is 31.0 Å². The molecule has 28 heavy (non-hydrogen) atoms. The predicted octanol–water partition coefficient (Wildman–Crippen LogP) is 5.20. The Morgan fingerprint density at radius 1 is 0.857 bits per heavy atom. The van der Waals surface area contributed by atoms with Gasteiger partial charge in [-0.05, 0) is 36.4 Å². The summed E-state index contributed by atoms with van der Waals surface area (Å²) in [5.74, 6) is 1.79. The van der Waals surface area contributed by atoms with Gasteiger partial charge in [-0.1, -0.05) is 24.3 Å². The Morgan fingerprint density at radius 3 is 2.43 bits per heavy atom. The first-order chi connectivity index (χ1) is 13.7. The van der Waals surface area contributed by atoms with E-state index in [-0.39, 0.29) is 5.82 Å². The largest absolute Gasteiger partial charge is 0.497 e. The lowest BCUT2D eigenvalue weighted by Gasteiger charge is -2.14. The molecule has 0 spiro atoms. The van der Waals surface area contributed by atoms with E-state index in [1.807, 2.05) is 36.4 Å². The van der Waals surface area contributed by atoms with Crippen molar-refractivity contribution >= 4 is 22.4 Å². The van der Waals surface area contributed by atoms with Crippen LogP contribution in [0, 0.1) is 5.82 Å². The first-order valence-corrected chi connectivity index (χ1v) is 8.70. The SMILES string of the molecule is COc1ccc(Nc2nc(-c3ccccc3F)nc3ccccc23)c(OC)c1. The molecule has 4 aromatic rings. The molecule has 1 heterocycles. The van der Waals surface area contributed by atoms with Crippen LogP contribution in [0.5, 0.6) is 11.5 Å². The fourth-order valence-corrected chi connectivity index (χ4v) is 2.96. The Hall–Kier alpha value is -3.67. The molecule has 0 aliphatic carbocycles. The van der Waals surface area contributed by atoms with Crippen LogP contribution in [0.25, 0.3) is 22.3 Å². The summed E-state index contributed by atoms with van der Waals surface area (Å²) in [4.78, 5) is 9.13. The third kappa shape index (κ3) is 3.32. The number of anilines is 2. The zero-order valence-electron chi connectivity index (χ0n) is 15.4. The van der Waals surface area contributed by atoms with Crippen LogP contribution in [0.15, 0.2) is 66.7 Å². The maximum absolute atomic E-state index is 14.3. The summed E-state index contributed by atoms with van der Waals surface area (Å²) in [6, 6.07) is 19.5. The van der Waals surface area contributed by atoms with Crippen LogP contribution in [0.1, 0.15) is 0 Å². The van der Waals surface area contributed by atoms with Crippen molar-refractivity contribution in [1.29, 1.82) is 0 Å². The van der Waals surface area contributed by atoms with E-state index in [2.05, 4.69) is 15.3 Å². The lowest BCUT2D eigenvalue weighted by molar-refractivity contribution is 0.395. The molecular formula is C22H18FN3O2. The Morgan fingerprint density at radius 2 is 1.64 bits per heavy atom. The standard InChI is InChI=1S/C22H18FN3O2/c1-27-14-11-12-19(20(13-14)28-2)25-22-16-8-4-6-10-18(16)24-21(26-22)15-7-3-5-9-17(15)23/h3-13H,1-2H3,(H,24,25,26). The van der Waals surface area contributed by atoms with Crippen LogP contribution in [0.3, 0.4) is 0 Å². The molecule has 4 rings (SSSR count). The molecule has 0 unspecified atom stereocenters. The first kappa shape index (κ1) is 17.7. The van der Waals surface area contributed by atoms with Crippen molar-refractivity contribution < 1.29 is 13.9 Å². The van der Waals surface area contributed by atoms with Gasteiger partial charge < -0.3 is 14.8 Å². The van der Waals surface area contributed by atoms with Crippen LogP contribution < -0.4 is 14.8 Å². The normalized spacial score (nSPS) is 10.7. The highest BCUT2D eigenvalue weighted by molar-refractivity contribution is 5.92. The molecular weight excluding hydrogens is 357 g/mol. The number of ether oxygens (including phenoxy) is 2. The zero-order valence-corrected chi connectivity index (χ0v) is 15.4. The van der Waals surface area contributed by atoms with Gasteiger partial charge in [-0.25, -0.2) is 14.4 Å². The average molecular weight is 375 g/mol. The molecule has 6 heteroatoms. The first-order valence-electron chi connectivity index (χ1n) is 8.70. The summed E-state index contributed by atoms with van der Waals surface area (Å²) in [6.07, 6.45) is 0. The Kier molecular flexibility index (Phi) is 4.76. The monoisotopic (exact) mass is 375 g/mol. The van der Waals surface area contributed by atoms with Gasteiger partial charge in [-0.2, -0.15) is 0 Å². The van der Waals surface area contributed by atoms with E-state index in [4.69, 9.17) is 9.47 Å². The molecule has 1 N–H and O–H groups in total. The summed E-state index contributed by atoms with van der Waals surface area (Å²) in [6.45, 7) is 0. The van der Waals surface area contributed by atoms with Gasteiger partial charge in [0, 0.05) is 11.5 Å². The van der Waals surface area contributed by atoms with Crippen LogP contribution in [0.4, 0.5) is 15.9 Å². The number of halogens is 1. The fraction of sp³-hybridized carbons (Fsp3) is 0.0909. The third-order valence-corrected chi connectivity index (χ3v) is 4.38. The second-order valence-electron chi connectivity index (χ2n) is 6.08. The fourth-order valence-electron chi connectivity index (χ4n) is 2.96. The number of nitrogens with one attached hydrogen (secondary N) is 1. The topological polar surface area (TPSA) is 56.3 Å².